The van der Waals surface area contributed by atoms with E-state index >= 15 is 0 Å². The van der Waals surface area contributed by atoms with E-state index in [1.165, 1.54) is 6.07 Å². The second kappa shape index (κ2) is 6.10. The lowest BCUT2D eigenvalue weighted by atomic mass is 10.0. The summed E-state index contributed by atoms with van der Waals surface area (Å²) in [5.74, 6) is -0.328. The summed E-state index contributed by atoms with van der Waals surface area (Å²) in [6, 6.07) is 3.28. The van der Waals surface area contributed by atoms with E-state index in [9.17, 15) is 9.18 Å². The molecule has 0 bridgehead atoms. The van der Waals surface area contributed by atoms with Crippen LogP contribution in [0.25, 0.3) is 22.6 Å². The summed E-state index contributed by atoms with van der Waals surface area (Å²) in [6.07, 6.45) is 5.20. The fraction of sp³-hybridized carbons (Fsp3) is 0.263. The molecule has 1 fully saturated rings. The molecule has 5 rings (SSSR count). The predicted octanol–water partition coefficient (Wildman–Crippen LogP) is 1.96. The Morgan fingerprint density at radius 3 is 2.75 bits per heavy atom. The average molecular weight is 379 g/mol. The molecule has 4 aromatic heterocycles. The first-order chi connectivity index (χ1) is 13.5. The van der Waals surface area contributed by atoms with E-state index in [0.29, 0.717) is 30.2 Å². The highest BCUT2D eigenvalue weighted by Gasteiger charge is 2.25. The van der Waals surface area contributed by atoms with Gasteiger partial charge in [-0.1, -0.05) is 0 Å². The number of aryl methyl sites for hydroxylation is 2. The highest BCUT2D eigenvalue weighted by molar-refractivity contribution is 5.92. The highest BCUT2D eigenvalue weighted by atomic mass is 19.1. The SMILES string of the molecule is Cc1cn2nc(-c3cc(F)c4nc(NC(=O)C5CNC5)cn4c3)cc(C)c2n1. The Balaban J connectivity index is 1.54. The summed E-state index contributed by atoms with van der Waals surface area (Å²) in [5, 5.41) is 10.3. The van der Waals surface area contributed by atoms with Crippen LogP contribution < -0.4 is 10.6 Å². The first-order valence-corrected chi connectivity index (χ1v) is 9.02. The van der Waals surface area contributed by atoms with Crippen LogP contribution >= 0.6 is 0 Å². The molecule has 1 saturated heterocycles. The molecule has 0 aliphatic carbocycles. The Kier molecular flexibility index (Phi) is 3.66. The molecule has 9 heteroatoms. The lowest BCUT2D eigenvalue weighted by molar-refractivity contribution is -0.121. The number of nitrogens with one attached hydrogen (secondary N) is 2. The van der Waals surface area contributed by atoms with Crippen molar-refractivity contribution < 1.29 is 9.18 Å². The van der Waals surface area contributed by atoms with Crippen LogP contribution in [0.3, 0.4) is 0 Å². The minimum absolute atomic E-state index is 0.0669. The first kappa shape index (κ1) is 16.8. The third kappa shape index (κ3) is 2.71. The number of rotatable bonds is 3. The summed E-state index contributed by atoms with van der Waals surface area (Å²) in [6.45, 7) is 5.15. The van der Waals surface area contributed by atoms with E-state index in [4.69, 9.17) is 0 Å². The number of halogens is 1. The lowest BCUT2D eigenvalue weighted by Gasteiger charge is -2.25. The summed E-state index contributed by atoms with van der Waals surface area (Å²) < 4.78 is 18.0. The maximum Gasteiger partial charge on any atom is 0.231 e. The Hall–Kier alpha value is -3.33. The molecule has 28 heavy (non-hydrogen) atoms. The minimum Gasteiger partial charge on any atom is -0.315 e. The molecule has 0 radical (unpaired) electrons. The molecule has 8 nitrogen and oxygen atoms in total. The van der Waals surface area contributed by atoms with E-state index in [0.717, 1.165) is 16.9 Å². The summed E-state index contributed by atoms with van der Waals surface area (Å²) in [5.41, 5.74) is 3.99. The van der Waals surface area contributed by atoms with Crippen LogP contribution in [-0.4, -0.2) is 43.0 Å². The van der Waals surface area contributed by atoms with Gasteiger partial charge < -0.3 is 15.0 Å². The standard InChI is InChI=1S/C19H18FN7O/c1-10-3-15(25-27-7-11(2)22-17(10)27)12-4-14(20)18-23-16(9-26(18)8-12)24-19(28)13-5-21-6-13/h3-4,7-9,13,21H,5-6H2,1-2H3,(H,24,28). The van der Waals surface area contributed by atoms with Gasteiger partial charge in [0.1, 0.15) is 0 Å². The Bertz CT molecular complexity index is 1240. The van der Waals surface area contributed by atoms with Crippen LogP contribution in [0.4, 0.5) is 10.2 Å². The summed E-state index contributed by atoms with van der Waals surface area (Å²) in [7, 11) is 0. The van der Waals surface area contributed by atoms with E-state index < -0.39 is 5.82 Å². The van der Waals surface area contributed by atoms with Gasteiger partial charge in [0.25, 0.3) is 0 Å². The van der Waals surface area contributed by atoms with E-state index in [-0.39, 0.29) is 17.5 Å². The molecule has 1 aliphatic rings. The molecule has 2 N–H and O–H groups in total. The van der Waals surface area contributed by atoms with Gasteiger partial charge in [0.2, 0.25) is 5.91 Å². The molecule has 4 aromatic rings. The van der Waals surface area contributed by atoms with Crippen LogP contribution in [0.15, 0.2) is 30.7 Å². The highest BCUT2D eigenvalue weighted by Crippen LogP contribution is 2.24. The second-order valence-corrected chi connectivity index (χ2v) is 7.14. The number of hydrogen-bond donors (Lipinski definition) is 2. The molecule has 0 aromatic carbocycles. The van der Waals surface area contributed by atoms with E-state index in [2.05, 4.69) is 25.7 Å². The third-order valence-electron chi connectivity index (χ3n) is 4.94. The molecule has 142 valence electrons. The average Bonchev–Trinajstić information content (AvgIpc) is 3.15. The molecular weight excluding hydrogens is 361 g/mol. The van der Waals surface area contributed by atoms with Gasteiger partial charge in [-0.25, -0.2) is 18.9 Å². The van der Waals surface area contributed by atoms with Gasteiger partial charge in [0, 0.05) is 24.8 Å². The quantitative estimate of drug-likeness (QED) is 0.568. The monoisotopic (exact) mass is 379 g/mol. The van der Waals surface area contributed by atoms with Gasteiger partial charge in [-0.05, 0) is 31.5 Å². The van der Waals surface area contributed by atoms with Crippen molar-refractivity contribution in [2.45, 2.75) is 13.8 Å². The first-order valence-electron chi connectivity index (χ1n) is 9.02. The fourth-order valence-corrected chi connectivity index (χ4v) is 3.35. The number of anilines is 1. The van der Waals surface area contributed by atoms with Crippen molar-refractivity contribution in [2.24, 2.45) is 5.92 Å². The molecule has 0 spiro atoms. The summed E-state index contributed by atoms with van der Waals surface area (Å²) in [4.78, 5) is 20.7. The van der Waals surface area contributed by atoms with Gasteiger partial charge in [0.05, 0.1) is 29.7 Å². The Morgan fingerprint density at radius 2 is 2.00 bits per heavy atom. The van der Waals surface area contributed by atoms with Gasteiger partial charge in [-0.15, -0.1) is 0 Å². The fourth-order valence-electron chi connectivity index (χ4n) is 3.35. The van der Waals surface area contributed by atoms with Crippen LogP contribution in [0.5, 0.6) is 0 Å². The van der Waals surface area contributed by atoms with Crippen LogP contribution in [0, 0.1) is 25.6 Å². The normalized spacial score (nSPS) is 14.5. The second-order valence-electron chi connectivity index (χ2n) is 7.14. The smallest absolute Gasteiger partial charge is 0.231 e. The number of hydrogen-bond acceptors (Lipinski definition) is 5. The number of nitrogens with zero attached hydrogens (tertiary/aromatic N) is 5. The number of pyridine rings is 1. The van der Waals surface area contributed by atoms with Crippen LogP contribution in [-0.2, 0) is 4.79 Å². The van der Waals surface area contributed by atoms with Crippen molar-refractivity contribution >= 4 is 23.0 Å². The third-order valence-corrected chi connectivity index (χ3v) is 4.94. The number of fused-ring (bicyclic) bond motifs is 2. The van der Waals surface area contributed by atoms with Crippen molar-refractivity contribution in [3.05, 3.63) is 47.8 Å². The molecule has 5 heterocycles. The molecule has 1 aliphatic heterocycles. The van der Waals surface area contributed by atoms with Crippen molar-refractivity contribution in [3.8, 4) is 11.3 Å². The molecule has 0 saturated carbocycles. The van der Waals surface area contributed by atoms with Crippen LogP contribution in [0.1, 0.15) is 11.3 Å². The summed E-state index contributed by atoms with van der Waals surface area (Å²) >= 11 is 0. The number of carbonyl (C=O) groups excluding carboxylic acids is 1. The van der Waals surface area contributed by atoms with Crippen molar-refractivity contribution in [2.75, 3.05) is 18.4 Å². The predicted molar refractivity (Wildman–Crippen MR) is 102 cm³/mol. The van der Waals surface area contributed by atoms with E-state index in [1.54, 1.807) is 21.3 Å². The zero-order valence-electron chi connectivity index (χ0n) is 15.4. The van der Waals surface area contributed by atoms with Gasteiger partial charge >= 0.3 is 0 Å². The Labute approximate surface area is 159 Å². The minimum atomic E-state index is -0.482. The van der Waals surface area contributed by atoms with Gasteiger partial charge in [-0.2, -0.15) is 5.10 Å². The molecule has 1 amide bonds. The number of carbonyl (C=O) groups is 1. The van der Waals surface area contributed by atoms with E-state index in [1.807, 2.05) is 26.1 Å². The number of imidazole rings is 2. The Morgan fingerprint density at radius 1 is 1.18 bits per heavy atom. The maximum absolute atomic E-state index is 14.7. The molecule has 0 unspecified atom stereocenters. The zero-order valence-corrected chi connectivity index (χ0v) is 15.4. The molecular formula is C19H18FN7O. The topological polar surface area (TPSA) is 88.6 Å². The van der Waals surface area contributed by atoms with Crippen molar-refractivity contribution in [1.29, 1.82) is 0 Å². The number of amides is 1. The molecule has 0 atom stereocenters. The largest absolute Gasteiger partial charge is 0.315 e. The van der Waals surface area contributed by atoms with Crippen molar-refractivity contribution in [1.82, 2.24) is 29.3 Å². The lowest BCUT2D eigenvalue weighted by Crippen LogP contribution is -2.48. The van der Waals surface area contributed by atoms with Gasteiger partial charge in [0.15, 0.2) is 22.9 Å². The zero-order chi connectivity index (χ0) is 19.4. The number of aromatic nitrogens is 5. The van der Waals surface area contributed by atoms with Crippen LogP contribution in [0.2, 0.25) is 0 Å². The van der Waals surface area contributed by atoms with Gasteiger partial charge in [-0.3, -0.25) is 4.79 Å². The maximum atomic E-state index is 14.7. The van der Waals surface area contributed by atoms with Crippen molar-refractivity contribution in [3.63, 3.8) is 0 Å².